The molecule has 0 aromatic carbocycles. The van der Waals surface area contributed by atoms with Crippen LogP contribution in [-0.4, -0.2) is 19.9 Å². The van der Waals surface area contributed by atoms with Gasteiger partial charge in [0.25, 0.3) is 0 Å². The number of hydrogen-bond acceptors (Lipinski definition) is 1. The lowest BCUT2D eigenvalue weighted by Crippen LogP contribution is -2.45. The summed E-state index contributed by atoms with van der Waals surface area (Å²) in [6, 6.07) is 0. The van der Waals surface area contributed by atoms with Gasteiger partial charge in [-0.05, 0) is 49.1 Å². The first kappa shape index (κ1) is 12.9. The van der Waals surface area contributed by atoms with E-state index in [1.807, 2.05) is 0 Å². The maximum Gasteiger partial charge on any atom is 0.201 e. The first-order valence-electron chi connectivity index (χ1n) is 6.47. The molecule has 0 N–H and O–H groups in total. The molecule has 0 saturated heterocycles. The predicted molar refractivity (Wildman–Crippen MR) is 72.3 cm³/mol. The average Bonchev–Trinajstić information content (AvgIpc) is 2.50. The molecule has 0 spiro atoms. The summed E-state index contributed by atoms with van der Waals surface area (Å²) in [5.41, 5.74) is 1.55. The molecular formula is C13H25ClOSi. The van der Waals surface area contributed by atoms with Crippen molar-refractivity contribution >= 4 is 19.9 Å². The topological polar surface area (TPSA) is 9.23 Å². The second-order valence-corrected chi connectivity index (χ2v) is 11.9. The van der Waals surface area contributed by atoms with Gasteiger partial charge in [-0.3, -0.25) is 0 Å². The van der Waals surface area contributed by atoms with Gasteiger partial charge in [0.15, 0.2) is 0 Å². The fourth-order valence-corrected chi connectivity index (χ4v) is 5.10. The quantitative estimate of drug-likeness (QED) is 0.546. The Morgan fingerprint density at radius 2 is 1.94 bits per heavy atom. The van der Waals surface area contributed by atoms with Gasteiger partial charge in [0, 0.05) is 5.50 Å². The molecule has 94 valence electrons. The molecule has 1 nitrogen and oxygen atoms in total. The molecule has 0 aromatic rings. The van der Waals surface area contributed by atoms with E-state index in [4.69, 9.17) is 16.0 Å². The van der Waals surface area contributed by atoms with Gasteiger partial charge in [0.1, 0.15) is 0 Å². The monoisotopic (exact) mass is 260 g/mol. The third kappa shape index (κ3) is 1.68. The largest absolute Gasteiger partial charge is 0.413 e. The van der Waals surface area contributed by atoms with E-state index in [-0.39, 0.29) is 0 Å². The Morgan fingerprint density at radius 1 is 1.31 bits per heavy atom. The van der Waals surface area contributed by atoms with Crippen LogP contribution in [0.2, 0.25) is 13.1 Å². The minimum atomic E-state index is -1.62. The summed E-state index contributed by atoms with van der Waals surface area (Å²) in [5, 5.41) is 0. The molecular weight excluding hydrogens is 236 g/mol. The van der Waals surface area contributed by atoms with Gasteiger partial charge in [-0.15, -0.1) is 11.6 Å². The fourth-order valence-electron chi connectivity index (χ4n) is 3.73. The van der Waals surface area contributed by atoms with Gasteiger partial charge in [-0.1, -0.05) is 20.8 Å². The van der Waals surface area contributed by atoms with Gasteiger partial charge in [0.2, 0.25) is 8.32 Å². The zero-order valence-electron chi connectivity index (χ0n) is 11.3. The zero-order valence-corrected chi connectivity index (χ0v) is 13.0. The normalized spacial score (nSPS) is 41.6. The standard InChI is InChI=1S/C13H25ClOSi/c1-12(2)10-6-7-13(12,3)11(8-10)15-16(4,5)9-14/h10-11H,6-9H2,1-5H3. The molecule has 2 saturated carbocycles. The van der Waals surface area contributed by atoms with Crippen molar-refractivity contribution in [2.24, 2.45) is 16.7 Å². The van der Waals surface area contributed by atoms with E-state index >= 15 is 0 Å². The van der Waals surface area contributed by atoms with Crippen LogP contribution >= 0.6 is 11.6 Å². The lowest BCUT2D eigenvalue weighted by atomic mass is 9.70. The van der Waals surface area contributed by atoms with Crippen LogP contribution < -0.4 is 0 Å². The Balaban J connectivity index is 2.16. The lowest BCUT2D eigenvalue weighted by molar-refractivity contribution is 0.0249. The summed E-state index contributed by atoms with van der Waals surface area (Å²) in [6.45, 7) is 11.8. The van der Waals surface area contributed by atoms with Crippen LogP contribution in [0.25, 0.3) is 0 Å². The van der Waals surface area contributed by atoms with Crippen LogP contribution in [0.15, 0.2) is 0 Å². The molecule has 0 amide bonds. The molecule has 2 fully saturated rings. The first-order valence-corrected chi connectivity index (χ1v) is 10.1. The number of halogens is 1. The van der Waals surface area contributed by atoms with Crippen LogP contribution in [0.4, 0.5) is 0 Å². The summed E-state index contributed by atoms with van der Waals surface area (Å²) in [4.78, 5) is 0. The average molecular weight is 261 g/mol. The summed E-state index contributed by atoms with van der Waals surface area (Å²) in [6.07, 6.45) is 4.45. The summed E-state index contributed by atoms with van der Waals surface area (Å²) in [5.74, 6) is 0.864. The highest BCUT2D eigenvalue weighted by molar-refractivity contribution is 6.77. The van der Waals surface area contributed by atoms with Crippen LogP contribution in [0.3, 0.4) is 0 Å². The number of rotatable bonds is 3. The van der Waals surface area contributed by atoms with E-state index < -0.39 is 8.32 Å². The van der Waals surface area contributed by atoms with Crippen LogP contribution in [-0.2, 0) is 4.43 Å². The van der Waals surface area contributed by atoms with Gasteiger partial charge in [-0.2, -0.15) is 0 Å². The van der Waals surface area contributed by atoms with Gasteiger partial charge >= 0.3 is 0 Å². The molecule has 2 aliphatic carbocycles. The second-order valence-electron chi connectivity index (χ2n) is 7.11. The highest BCUT2D eigenvalue weighted by atomic mass is 35.5. The highest BCUT2D eigenvalue weighted by Gasteiger charge is 2.62. The summed E-state index contributed by atoms with van der Waals surface area (Å²) in [7, 11) is -1.62. The van der Waals surface area contributed by atoms with Crippen molar-refractivity contribution in [2.45, 2.75) is 59.2 Å². The highest BCUT2D eigenvalue weighted by Crippen LogP contribution is 2.66. The number of fused-ring (bicyclic) bond motifs is 2. The predicted octanol–water partition coefficient (Wildman–Crippen LogP) is 4.20. The molecule has 3 atom stereocenters. The molecule has 0 heterocycles. The molecule has 2 rings (SSSR count). The van der Waals surface area contributed by atoms with Crippen molar-refractivity contribution in [1.82, 2.24) is 0 Å². The molecule has 0 aromatic heterocycles. The van der Waals surface area contributed by atoms with E-state index in [0.717, 1.165) is 5.92 Å². The maximum absolute atomic E-state index is 6.43. The molecule has 3 unspecified atom stereocenters. The van der Waals surface area contributed by atoms with Crippen LogP contribution in [0.1, 0.15) is 40.0 Å². The SMILES string of the molecule is CC1(C)C2CCC1(C)C(O[Si](C)(C)CCl)C2. The Bertz CT molecular complexity index is 290. The number of hydrogen-bond donors (Lipinski definition) is 0. The maximum atomic E-state index is 6.43. The van der Waals surface area contributed by atoms with E-state index in [0.29, 0.717) is 22.4 Å². The Kier molecular flexibility index (Phi) is 3.01. The molecule has 3 heteroatoms. The third-order valence-electron chi connectivity index (χ3n) is 5.50. The lowest BCUT2D eigenvalue weighted by Gasteiger charge is -2.41. The van der Waals surface area contributed by atoms with Gasteiger partial charge < -0.3 is 4.43 Å². The third-order valence-corrected chi connectivity index (χ3v) is 8.99. The van der Waals surface area contributed by atoms with Crippen molar-refractivity contribution < 1.29 is 4.43 Å². The Labute approximate surface area is 106 Å². The smallest absolute Gasteiger partial charge is 0.201 e. The van der Waals surface area contributed by atoms with Crippen molar-refractivity contribution in [3.63, 3.8) is 0 Å². The van der Waals surface area contributed by atoms with Gasteiger partial charge in [-0.25, -0.2) is 0 Å². The van der Waals surface area contributed by atoms with Crippen molar-refractivity contribution in [3.8, 4) is 0 Å². The van der Waals surface area contributed by atoms with E-state index in [9.17, 15) is 0 Å². The van der Waals surface area contributed by atoms with Gasteiger partial charge in [0.05, 0.1) is 6.10 Å². The van der Waals surface area contributed by atoms with Crippen LogP contribution in [0.5, 0.6) is 0 Å². The minimum absolute atomic E-state index is 0.383. The molecule has 0 aliphatic heterocycles. The molecule has 0 radical (unpaired) electrons. The first-order chi connectivity index (χ1) is 7.23. The molecule has 16 heavy (non-hydrogen) atoms. The minimum Gasteiger partial charge on any atom is -0.413 e. The Morgan fingerprint density at radius 3 is 2.31 bits per heavy atom. The second kappa shape index (κ2) is 3.73. The van der Waals surface area contributed by atoms with Crippen molar-refractivity contribution in [3.05, 3.63) is 0 Å². The van der Waals surface area contributed by atoms with Crippen molar-refractivity contribution in [2.75, 3.05) is 5.50 Å². The fraction of sp³-hybridized carbons (Fsp3) is 1.00. The summed E-state index contributed by atoms with van der Waals surface area (Å²) < 4.78 is 6.43. The summed E-state index contributed by atoms with van der Waals surface area (Å²) >= 11 is 6.03. The van der Waals surface area contributed by atoms with Crippen LogP contribution in [0, 0.1) is 16.7 Å². The Hall–Kier alpha value is 0.467. The zero-order chi connectivity index (χ0) is 12.2. The number of alkyl halides is 1. The molecule has 2 aliphatic rings. The molecule has 2 bridgehead atoms. The van der Waals surface area contributed by atoms with E-state index in [2.05, 4.69) is 33.9 Å². The van der Waals surface area contributed by atoms with E-state index in [1.165, 1.54) is 19.3 Å². The van der Waals surface area contributed by atoms with E-state index in [1.54, 1.807) is 0 Å². The van der Waals surface area contributed by atoms with Crippen molar-refractivity contribution in [1.29, 1.82) is 0 Å².